The average Bonchev–Trinajstić information content (AvgIpc) is 2.47. The van der Waals surface area contributed by atoms with Crippen molar-refractivity contribution < 1.29 is 4.79 Å². The molecule has 0 radical (unpaired) electrons. The molecule has 0 saturated carbocycles. The van der Waals surface area contributed by atoms with Gasteiger partial charge in [-0.3, -0.25) is 9.59 Å². The Balaban J connectivity index is 2.20. The van der Waals surface area contributed by atoms with E-state index in [4.69, 9.17) is 11.6 Å². The average molecular weight is 291 g/mol. The summed E-state index contributed by atoms with van der Waals surface area (Å²) in [6, 6.07) is 12.6. The number of pyridine rings is 1. The summed E-state index contributed by atoms with van der Waals surface area (Å²) in [4.78, 5) is 27.8. The molecule has 0 unspecified atom stereocenters. The molecule has 0 bridgehead atoms. The van der Waals surface area contributed by atoms with E-state index in [-0.39, 0.29) is 11.5 Å². The second-order valence-electron chi connectivity index (χ2n) is 4.34. The summed E-state index contributed by atoms with van der Waals surface area (Å²) in [7, 11) is 0. The molecule has 20 heavy (non-hydrogen) atoms. The first-order valence-electron chi connectivity index (χ1n) is 6.28. The van der Waals surface area contributed by atoms with Crippen LogP contribution in [0, 0.1) is 0 Å². The Morgan fingerprint density at radius 1 is 1.20 bits per heavy atom. The van der Waals surface area contributed by atoms with Crippen LogP contribution in [-0.2, 0) is 6.54 Å². The molecule has 5 heteroatoms. The molecule has 2 rings (SSSR count). The normalized spacial score (nSPS) is 10.2. The largest absolute Gasteiger partial charge is 0.333 e. The highest BCUT2D eigenvalue weighted by Gasteiger charge is 2.15. The fraction of sp³-hybridized carbons (Fsp3) is 0.200. The summed E-state index contributed by atoms with van der Waals surface area (Å²) in [5.41, 5.74) is 1.10. The van der Waals surface area contributed by atoms with Crippen LogP contribution < -0.4 is 5.56 Å². The summed E-state index contributed by atoms with van der Waals surface area (Å²) < 4.78 is 0. The van der Waals surface area contributed by atoms with Gasteiger partial charge in [-0.25, -0.2) is 0 Å². The predicted octanol–water partition coefficient (Wildman–Crippen LogP) is 2.26. The molecule has 1 amide bonds. The number of hydrogen-bond donors (Lipinski definition) is 1. The van der Waals surface area contributed by atoms with Crippen LogP contribution in [0.2, 0.25) is 0 Å². The highest BCUT2D eigenvalue weighted by molar-refractivity contribution is 6.18. The van der Waals surface area contributed by atoms with Gasteiger partial charge < -0.3 is 9.88 Å². The molecule has 1 aromatic carbocycles. The Morgan fingerprint density at radius 3 is 2.60 bits per heavy atom. The van der Waals surface area contributed by atoms with E-state index in [0.717, 1.165) is 5.56 Å². The number of carbonyl (C=O) groups is 1. The molecule has 2 aromatic rings. The van der Waals surface area contributed by atoms with Gasteiger partial charge in [0.25, 0.3) is 5.91 Å². The summed E-state index contributed by atoms with van der Waals surface area (Å²) in [6.45, 7) is 0.904. The zero-order valence-corrected chi connectivity index (χ0v) is 11.6. The number of H-pyrrole nitrogens is 1. The van der Waals surface area contributed by atoms with Crippen molar-refractivity contribution in [1.82, 2.24) is 9.88 Å². The highest BCUT2D eigenvalue weighted by atomic mass is 35.5. The van der Waals surface area contributed by atoms with E-state index < -0.39 is 0 Å². The zero-order chi connectivity index (χ0) is 14.4. The van der Waals surface area contributed by atoms with Crippen LogP contribution in [-0.4, -0.2) is 28.2 Å². The summed E-state index contributed by atoms with van der Waals surface area (Å²) in [5, 5.41) is 0. The van der Waals surface area contributed by atoms with Crippen molar-refractivity contribution in [3.05, 3.63) is 70.1 Å². The first-order valence-corrected chi connectivity index (χ1v) is 6.82. The van der Waals surface area contributed by atoms with Crippen LogP contribution in [0.25, 0.3) is 0 Å². The van der Waals surface area contributed by atoms with Crippen molar-refractivity contribution in [2.24, 2.45) is 0 Å². The third-order valence-corrected chi connectivity index (χ3v) is 3.05. The maximum Gasteiger partial charge on any atom is 0.254 e. The summed E-state index contributed by atoms with van der Waals surface area (Å²) in [5.74, 6) is 0.155. The standard InChI is InChI=1S/C15H15ClN2O2/c16-7-9-18(11-12-4-2-1-3-5-12)15(20)13-6-8-17-14(19)10-13/h1-6,8,10H,7,9,11H2,(H,17,19). The molecule has 0 saturated heterocycles. The first-order chi connectivity index (χ1) is 9.70. The molecule has 0 fully saturated rings. The van der Waals surface area contributed by atoms with E-state index in [1.165, 1.54) is 12.3 Å². The van der Waals surface area contributed by atoms with Crippen molar-refractivity contribution in [1.29, 1.82) is 0 Å². The van der Waals surface area contributed by atoms with Crippen LogP contribution in [0.15, 0.2) is 53.5 Å². The van der Waals surface area contributed by atoms with Gasteiger partial charge in [0, 0.05) is 36.8 Å². The first kappa shape index (κ1) is 14.3. The lowest BCUT2D eigenvalue weighted by atomic mass is 10.2. The number of alkyl halides is 1. The van der Waals surface area contributed by atoms with Crippen LogP contribution >= 0.6 is 11.6 Å². The van der Waals surface area contributed by atoms with Crippen LogP contribution in [0.4, 0.5) is 0 Å². The Kier molecular flexibility index (Phi) is 4.96. The number of carbonyl (C=O) groups excluding carboxylic acids is 1. The van der Waals surface area contributed by atoms with Crippen LogP contribution in [0.5, 0.6) is 0 Å². The minimum Gasteiger partial charge on any atom is -0.333 e. The molecule has 0 aliphatic heterocycles. The molecular formula is C15H15ClN2O2. The van der Waals surface area contributed by atoms with E-state index in [1.54, 1.807) is 11.0 Å². The number of aromatic amines is 1. The number of amides is 1. The quantitative estimate of drug-likeness (QED) is 0.859. The Morgan fingerprint density at radius 2 is 1.95 bits per heavy atom. The molecule has 4 nitrogen and oxygen atoms in total. The third kappa shape index (κ3) is 3.71. The Labute approximate surface area is 122 Å². The van der Waals surface area contributed by atoms with Crippen molar-refractivity contribution >= 4 is 17.5 Å². The number of benzene rings is 1. The second-order valence-corrected chi connectivity index (χ2v) is 4.72. The zero-order valence-electron chi connectivity index (χ0n) is 10.9. The maximum absolute atomic E-state index is 12.4. The molecule has 0 aliphatic carbocycles. The van der Waals surface area contributed by atoms with E-state index in [2.05, 4.69) is 4.98 Å². The van der Waals surface area contributed by atoms with E-state index in [0.29, 0.717) is 24.5 Å². The second kappa shape index (κ2) is 6.91. The van der Waals surface area contributed by atoms with Crippen molar-refractivity contribution in [2.75, 3.05) is 12.4 Å². The van der Waals surface area contributed by atoms with Crippen molar-refractivity contribution in [3.63, 3.8) is 0 Å². The molecule has 0 aliphatic rings. The summed E-state index contributed by atoms with van der Waals surface area (Å²) in [6.07, 6.45) is 1.47. The third-order valence-electron chi connectivity index (χ3n) is 2.88. The molecule has 0 atom stereocenters. The van der Waals surface area contributed by atoms with E-state index in [1.807, 2.05) is 30.3 Å². The molecular weight excluding hydrogens is 276 g/mol. The molecule has 104 valence electrons. The molecule has 1 N–H and O–H groups in total. The fourth-order valence-corrected chi connectivity index (χ4v) is 2.12. The van der Waals surface area contributed by atoms with Crippen LogP contribution in [0.1, 0.15) is 15.9 Å². The van der Waals surface area contributed by atoms with Gasteiger partial charge in [0.2, 0.25) is 5.56 Å². The van der Waals surface area contributed by atoms with Crippen LogP contribution in [0.3, 0.4) is 0 Å². The number of aromatic nitrogens is 1. The number of nitrogens with zero attached hydrogens (tertiary/aromatic N) is 1. The number of rotatable bonds is 5. The fourth-order valence-electron chi connectivity index (χ4n) is 1.92. The smallest absolute Gasteiger partial charge is 0.254 e. The monoisotopic (exact) mass is 290 g/mol. The van der Waals surface area contributed by atoms with E-state index in [9.17, 15) is 9.59 Å². The lowest BCUT2D eigenvalue weighted by Crippen LogP contribution is -2.32. The van der Waals surface area contributed by atoms with E-state index >= 15 is 0 Å². The van der Waals surface area contributed by atoms with Gasteiger partial charge in [-0.1, -0.05) is 30.3 Å². The van der Waals surface area contributed by atoms with Crippen molar-refractivity contribution in [3.8, 4) is 0 Å². The molecule has 0 spiro atoms. The lowest BCUT2D eigenvalue weighted by Gasteiger charge is -2.21. The van der Waals surface area contributed by atoms with Gasteiger partial charge in [0.1, 0.15) is 0 Å². The molecule has 1 aromatic heterocycles. The van der Waals surface area contributed by atoms with Crippen molar-refractivity contribution in [2.45, 2.75) is 6.54 Å². The number of nitrogens with one attached hydrogen (secondary N) is 1. The predicted molar refractivity (Wildman–Crippen MR) is 79.0 cm³/mol. The minimum absolute atomic E-state index is 0.194. The van der Waals surface area contributed by atoms with Gasteiger partial charge in [-0.15, -0.1) is 11.6 Å². The van der Waals surface area contributed by atoms with Gasteiger partial charge in [0.05, 0.1) is 0 Å². The number of hydrogen-bond acceptors (Lipinski definition) is 2. The van der Waals surface area contributed by atoms with Gasteiger partial charge in [-0.2, -0.15) is 0 Å². The van der Waals surface area contributed by atoms with Gasteiger partial charge in [-0.05, 0) is 11.6 Å². The van der Waals surface area contributed by atoms with Gasteiger partial charge in [0.15, 0.2) is 0 Å². The Hall–Kier alpha value is -2.07. The topological polar surface area (TPSA) is 53.2 Å². The summed E-state index contributed by atoms with van der Waals surface area (Å²) >= 11 is 5.76. The lowest BCUT2D eigenvalue weighted by molar-refractivity contribution is 0.0753. The minimum atomic E-state index is -0.290. The Bertz CT molecular complexity index is 625. The maximum atomic E-state index is 12.4. The molecule has 1 heterocycles. The SMILES string of the molecule is O=C(c1cc[nH]c(=O)c1)N(CCCl)Cc1ccccc1. The highest BCUT2D eigenvalue weighted by Crippen LogP contribution is 2.09. The number of halogens is 1. The van der Waals surface area contributed by atoms with Gasteiger partial charge >= 0.3 is 0 Å².